The predicted octanol–water partition coefficient (Wildman–Crippen LogP) is 4.61. The van der Waals surface area contributed by atoms with Crippen LogP contribution in [0.2, 0.25) is 0 Å². The summed E-state index contributed by atoms with van der Waals surface area (Å²) in [5.41, 5.74) is 1.23. The van der Waals surface area contributed by atoms with E-state index in [4.69, 9.17) is 4.42 Å². The van der Waals surface area contributed by atoms with Gasteiger partial charge in [0.05, 0.1) is 10.6 Å². The van der Waals surface area contributed by atoms with Gasteiger partial charge in [-0.25, -0.2) is 4.68 Å². The molecule has 152 valence electrons. The molecule has 0 aliphatic heterocycles. The monoisotopic (exact) mass is 396 g/mol. The van der Waals surface area contributed by atoms with Gasteiger partial charge in [0.25, 0.3) is 11.6 Å². The standard InChI is InChI=1S/C21H24N4O4/c1-4-11-23(12-5-2)21(26)19-14-18(20-10-9-15(3)29-20)22-24(19)16-7-6-8-17(13-16)25(27)28/h6-10,13-14H,4-5,11-12H2,1-3H3. The van der Waals surface area contributed by atoms with Gasteiger partial charge >= 0.3 is 0 Å². The number of amides is 1. The highest BCUT2D eigenvalue weighted by atomic mass is 16.6. The smallest absolute Gasteiger partial charge is 0.272 e. The van der Waals surface area contributed by atoms with Crippen molar-refractivity contribution in [1.29, 1.82) is 0 Å². The Morgan fingerprint density at radius 3 is 2.48 bits per heavy atom. The summed E-state index contributed by atoms with van der Waals surface area (Å²) in [5, 5.41) is 15.7. The summed E-state index contributed by atoms with van der Waals surface area (Å²) in [6, 6.07) is 11.4. The number of aryl methyl sites for hydroxylation is 1. The highest BCUT2D eigenvalue weighted by Gasteiger charge is 2.23. The lowest BCUT2D eigenvalue weighted by atomic mass is 10.2. The van der Waals surface area contributed by atoms with Crippen LogP contribution in [0.4, 0.5) is 5.69 Å². The maximum atomic E-state index is 13.3. The van der Waals surface area contributed by atoms with E-state index < -0.39 is 4.92 Å². The number of carbonyl (C=O) groups excluding carboxylic acids is 1. The van der Waals surface area contributed by atoms with Crippen LogP contribution >= 0.6 is 0 Å². The molecule has 0 aliphatic rings. The average Bonchev–Trinajstić information content (AvgIpc) is 3.34. The third-order valence-electron chi connectivity index (χ3n) is 4.48. The van der Waals surface area contributed by atoms with E-state index in [9.17, 15) is 14.9 Å². The van der Waals surface area contributed by atoms with Crippen molar-refractivity contribution in [1.82, 2.24) is 14.7 Å². The number of hydrogen-bond acceptors (Lipinski definition) is 5. The first-order valence-electron chi connectivity index (χ1n) is 9.65. The fourth-order valence-electron chi connectivity index (χ4n) is 3.18. The van der Waals surface area contributed by atoms with E-state index in [0.717, 1.165) is 18.6 Å². The summed E-state index contributed by atoms with van der Waals surface area (Å²) in [5.74, 6) is 1.11. The summed E-state index contributed by atoms with van der Waals surface area (Å²) < 4.78 is 7.12. The molecule has 0 aliphatic carbocycles. The SMILES string of the molecule is CCCN(CCC)C(=O)c1cc(-c2ccc(C)o2)nn1-c1cccc([N+](=O)[O-])c1. The molecule has 2 aromatic heterocycles. The number of furan rings is 1. The van der Waals surface area contributed by atoms with Crippen LogP contribution in [0.15, 0.2) is 46.9 Å². The van der Waals surface area contributed by atoms with E-state index in [-0.39, 0.29) is 11.6 Å². The molecule has 0 atom stereocenters. The molecule has 1 aromatic carbocycles. The van der Waals surface area contributed by atoms with Gasteiger partial charge in [0.1, 0.15) is 17.1 Å². The highest BCUT2D eigenvalue weighted by molar-refractivity contribution is 5.94. The lowest BCUT2D eigenvalue weighted by molar-refractivity contribution is -0.384. The number of nitrogens with zero attached hydrogens (tertiary/aromatic N) is 4. The number of non-ortho nitro benzene ring substituents is 1. The van der Waals surface area contributed by atoms with Crippen LogP contribution in [0.3, 0.4) is 0 Å². The Morgan fingerprint density at radius 1 is 1.17 bits per heavy atom. The number of nitro benzene ring substituents is 1. The van der Waals surface area contributed by atoms with Crippen LogP contribution in [-0.2, 0) is 0 Å². The van der Waals surface area contributed by atoms with E-state index in [0.29, 0.717) is 35.9 Å². The van der Waals surface area contributed by atoms with Crippen LogP contribution in [0.5, 0.6) is 0 Å². The van der Waals surface area contributed by atoms with Gasteiger partial charge in [-0.1, -0.05) is 19.9 Å². The molecule has 0 N–H and O–H groups in total. The Bertz CT molecular complexity index is 1020. The van der Waals surface area contributed by atoms with Gasteiger partial charge in [-0.3, -0.25) is 14.9 Å². The summed E-state index contributed by atoms with van der Waals surface area (Å²) >= 11 is 0. The molecule has 0 bridgehead atoms. The zero-order valence-electron chi connectivity index (χ0n) is 16.8. The Labute approximate surface area is 168 Å². The number of carbonyl (C=O) groups is 1. The molecule has 0 unspecified atom stereocenters. The Balaban J connectivity index is 2.12. The molecule has 29 heavy (non-hydrogen) atoms. The normalized spacial score (nSPS) is 10.9. The highest BCUT2D eigenvalue weighted by Crippen LogP contribution is 2.26. The Kier molecular flexibility index (Phi) is 6.11. The summed E-state index contributed by atoms with van der Waals surface area (Å²) in [6.45, 7) is 7.12. The fourth-order valence-corrected chi connectivity index (χ4v) is 3.18. The van der Waals surface area contributed by atoms with Gasteiger partial charge < -0.3 is 9.32 Å². The third kappa shape index (κ3) is 4.37. The maximum Gasteiger partial charge on any atom is 0.272 e. The third-order valence-corrected chi connectivity index (χ3v) is 4.48. The molecule has 0 radical (unpaired) electrons. The average molecular weight is 396 g/mol. The molecule has 0 fully saturated rings. The van der Waals surface area contributed by atoms with Crippen molar-refractivity contribution in [2.45, 2.75) is 33.6 Å². The second kappa shape index (κ2) is 8.72. The Morgan fingerprint density at radius 2 is 1.90 bits per heavy atom. The van der Waals surface area contributed by atoms with Gasteiger partial charge in [-0.2, -0.15) is 5.10 Å². The van der Waals surface area contributed by atoms with Crippen molar-refractivity contribution in [2.75, 3.05) is 13.1 Å². The van der Waals surface area contributed by atoms with Crippen molar-refractivity contribution < 1.29 is 14.1 Å². The predicted molar refractivity (Wildman–Crippen MR) is 109 cm³/mol. The van der Waals surface area contributed by atoms with E-state index in [1.54, 1.807) is 29.2 Å². The molecule has 2 heterocycles. The molecular formula is C21H24N4O4. The largest absolute Gasteiger partial charge is 0.460 e. The minimum atomic E-state index is -0.467. The summed E-state index contributed by atoms with van der Waals surface area (Å²) in [6.07, 6.45) is 1.67. The molecule has 0 spiro atoms. The van der Waals surface area contributed by atoms with Crippen LogP contribution in [0.25, 0.3) is 17.1 Å². The van der Waals surface area contributed by atoms with Gasteiger partial charge in [0, 0.05) is 31.3 Å². The molecule has 1 amide bonds. The van der Waals surface area contributed by atoms with Gasteiger partial charge in [0.15, 0.2) is 5.76 Å². The van der Waals surface area contributed by atoms with Crippen LogP contribution in [0, 0.1) is 17.0 Å². The molecule has 8 heteroatoms. The van der Waals surface area contributed by atoms with Crippen LogP contribution in [-0.4, -0.2) is 38.6 Å². The van der Waals surface area contributed by atoms with Crippen molar-refractivity contribution in [3.8, 4) is 17.1 Å². The minimum absolute atomic E-state index is 0.0641. The second-order valence-electron chi connectivity index (χ2n) is 6.81. The molecule has 3 aromatic rings. The number of aromatic nitrogens is 2. The Hall–Kier alpha value is -3.42. The van der Waals surface area contributed by atoms with Crippen molar-refractivity contribution in [3.63, 3.8) is 0 Å². The zero-order chi connectivity index (χ0) is 21.0. The molecule has 0 saturated heterocycles. The first-order chi connectivity index (χ1) is 13.9. The minimum Gasteiger partial charge on any atom is -0.460 e. The molecule has 0 saturated carbocycles. The second-order valence-corrected chi connectivity index (χ2v) is 6.81. The maximum absolute atomic E-state index is 13.3. The molecule has 8 nitrogen and oxygen atoms in total. The molecular weight excluding hydrogens is 372 g/mol. The lowest BCUT2D eigenvalue weighted by Gasteiger charge is -2.21. The lowest BCUT2D eigenvalue weighted by Crippen LogP contribution is -2.33. The number of hydrogen-bond donors (Lipinski definition) is 0. The first kappa shape index (κ1) is 20.3. The van der Waals surface area contributed by atoms with Crippen molar-refractivity contribution in [2.24, 2.45) is 0 Å². The number of rotatable bonds is 8. The van der Waals surface area contributed by atoms with E-state index in [2.05, 4.69) is 5.10 Å². The molecule has 3 rings (SSSR count). The first-order valence-corrected chi connectivity index (χ1v) is 9.65. The van der Waals surface area contributed by atoms with Gasteiger partial charge in [-0.15, -0.1) is 0 Å². The summed E-state index contributed by atoms with van der Waals surface area (Å²) in [7, 11) is 0. The van der Waals surface area contributed by atoms with Crippen LogP contribution < -0.4 is 0 Å². The van der Waals surface area contributed by atoms with E-state index in [1.807, 2.05) is 26.8 Å². The quantitative estimate of drug-likeness (QED) is 0.409. The van der Waals surface area contributed by atoms with Crippen LogP contribution in [0.1, 0.15) is 42.9 Å². The van der Waals surface area contributed by atoms with E-state index in [1.165, 1.54) is 16.8 Å². The zero-order valence-corrected chi connectivity index (χ0v) is 16.8. The van der Waals surface area contributed by atoms with E-state index >= 15 is 0 Å². The number of nitro groups is 1. The summed E-state index contributed by atoms with van der Waals surface area (Å²) in [4.78, 5) is 25.8. The fraction of sp³-hybridized carbons (Fsp3) is 0.333. The van der Waals surface area contributed by atoms with Crippen molar-refractivity contribution >= 4 is 11.6 Å². The van der Waals surface area contributed by atoms with Gasteiger partial charge in [0.2, 0.25) is 0 Å². The van der Waals surface area contributed by atoms with Crippen molar-refractivity contribution in [3.05, 3.63) is 64.0 Å². The van der Waals surface area contributed by atoms with Gasteiger partial charge in [-0.05, 0) is 38.0 Å². The number of benzene rings is 1. The topological polar surface area (TPSA) is 94.4 Å².